The van der Waals surface area contributed by atoms with E-state index in [4.69, 9.17) is 14.2 Å². The Morgan fingerprint density at radius 2 is 1.85 bits per heavy atom. The van der Waals surface area contributed by atoms with Crippen molar-refractivity contribution in [3.8, 4) is 17.2 Å². The molecule has 2 rings (SSSR count). The Kier molecular flexibility index (Phi) is 7.02. The number of ether oxygens (including phenoxy) is 3. The van der Waals surface area contributed by atoms with Crippen LogP contribution in [0.5, 0.6) is 17.2 Å². The maximum absolute atomic E-state index is 11.9. The molecule has 0 bridgehead atoms. The molecule has 0 radical (unpaired) electrons. The molecule has 0 aliphatic rings. The molecule has 0 atom stereocenters. The number of amides is 1. The highest BCUT2D eigenvalue weighted by Gasteiger charge is 2.09. The number of hydrazone groups is 1. The Hall–Kier alpha value is -3.02. The summed E-state index contributed by atoms with van der Waals surface area (Å²) in [6.07, 6.45) is 1.52. The van der Waals surface area contributed by atoms with Gasteiger partial charge in [0.25, 0.3) is 5.91 Å². The number of benzene rings is 2. The Bertz CT molecular complexity index is 787. The minimum Gasteiger partial charge on any atom is -0.493 e. The van der Waals surface area contributed by atoms with Crippen LogP contribution in [0, 0.1) is 13.8 Å². The fourth-order valence-corrected chi connectivity index (χ4v) is 2.32. The van der Waals surface area contributed by atoms with E-state index in [0.29, 0.717) is 29.4 Å². The van der Waals surface area contributed by atoms with E-state index in [1.807, 2.05) is 51.1 Å². The number of hydrogen-bond donors (Lipinski definition) is 1. The van der Waals surface area contributed by atoms with Crippen molar-refractivity contribution in [3.63, 3.8) is 0 Å². The highest BCUT2D eigenvalue weighted by molar-refractivity contribution is 5.86. The molecule has 2 aromatic rings. The minimum absolute atomic E-state index is 0.113. The molecule has 0 spiro atoms. The average Bonchev–Trinajstić information content (AvgIpc) is 2.64. The Labute approximate surface area is 153 Å². The fraction of sp³-hybridized carbons (Fsp3) is 0.300. The van der Waals surface area contributed by atoms with E-state index < -0.39 is 0 Å². The Morgan fingerprint density at radius 1 is 1.12 bits per heavy atom. The summed E-state index contributed by atoms with van der Waals surface area (Å²) < 4.78 is 16.4. The summed E-state index contributed by atoms with van der Waals surface area (Å²) >= 11 is 0. The zero-order valence-corrected chi connectivity index (χ0v) is 15.5. The van der Waals surface area contributed by atoms with Crippen LogP contribution in [0.2, 0.25) is 0 Å². The molecule has 0 aliphatic heterocycles. The number of aryl methyl sites for hydroxylation is 1. The number of nitrogens with one attached hydrogen (secondary N) is 1. The molecule has 6 nitrogen and oxygen atoms in total. The SMILES string of the molecule is CCOc1c(/C=N/NC(=O)COc2cccc(C)c2C)cccc1OC. The molecule has 6 heteroatoms. The van der Waals surface area contributed by atoms with E-state index in [-0.39, 0.29) is 12.5 Å². The van der Waals surface area contributed by atoms with E-state index >= 15 is 0 Å². The van der Waals surface area contributed by atoms with Crippen molar-refractivity contribution in [1.29, 1.82) is 0 Å². The molecule has 0 fully saturated rings. The molecule has 0 heterocycles. The first-order valence-corrected chi connectivity index (χ1v) is 8.37. The van der Waals surface area contributed by atoms with E-state index in [1.54, 1.807) is 13.2 Å². The molecule has 138 valence electrons. The molecule has 26 heavy (non-hydrogen) atoms. The van der Waals surface area contributed by atoms with Gasteiger partial charge in [0.15, 0.2) is 18.1 Å². The first kappa shape index (κ1) is 19.3. The normalized spacial score (nSPS) is 10.6. The summed E-state index contributed by atoms with van der Waals surface area (Å²) in [6, 6.07) is 11.2. The van der Waals surface area contributed by atoms with Gasteiger partial charge >= 0.3 is 0 Å². The lowest BCUT2D eigenvalue weighted by molar-refractivity contribution is -0.123. The molecule has 1 N–H and O–H groups in total. The van der Waals surface area contributed by atoms with E-state index in [9.17, 15) is 4.79 Å². The van der Waals surface area contributed by atoms with Gasteiger partial charge in [-0.1, -0.05) is 18.2 Å². The lowest BCUT2D eigenvalue weighted by Gasteiger charge is -2.11. The predicted molar refractivity (Wildman–Crippen MR) is 101 cm³/mol. The van der Waals surface area contributed by atoms with Crippen LogP contribution in [0.3, 0.4) is 0 Å². The van der Waals surface area contributed by atoms with Gasteiger partial charge in [-0.3, -0.25) is 4.79 Å². The van der Waals surface area contributed by atoms with Crippen LogP contribution >= 0.6 is 0 Å². The van der Waals surface area contributed by atoms with Crippen molar-refractivity contribution < 1.29 is 19.0 Å². The van der Waals surface area contributed by atoms with Crippen LogP contribution in [-0.4, -0.2) is 32.4 Å². The smallest absolute Gasteiger partial charge is 0.277 e. The van der Waals surface area contributed by atoms with E-state index in [2.05, 4.69) is 10.5 Å². The number of rotatable bonds is 8. The number of hydrogen-bond acceptors (Lipinski definition) is 5. The van der Waals surface area contributed by atoms with Crippen LogP contribution in [0.25, 0.3) is 0 Å². The number of carbonyl (C=O) groups is 1. The summed E-state index contributed by atoms with van der Waals surface area (Å²) in [5.74, 6) is 1.54. The summed E-state index contributed by atoms with van der Waals surface area (Å²) in [7, 11) is 1.57. The second-order valence-corrected chi connectivity index (χ2v) is 5.59. The van der Waals surface area contributed by atoms with Crippen molar-refractivity contribution in [2.24, 2.45) is 5.10 Å². The van der Waals surface area contributed by atoms with Crippen molar-refractivity contribution in [1.82, 2.24) is 5.43 Å². The number of carbonyl (C=O) groups excluding carboxylic acids is 1. The first-order chi connectivity index (χ1) is 12.6. The number of para-hydroxylation sites is 1. The van der Waals surface area contributed by atoms with Gasteiger partial charge < -0.3 is 14.2 Å². The highest BCUT2D eigenvalue weighted by Crippen LogP contribution is 2.29. The van der Waals surface area contributed by atoms with Gasteiger partial charge in [-0.2, -0.15) is 5.10 Å². The molecule has 1 amide bonds. The summed E-state index contributed by atoms with van der Waals surface area (Å²) in [4.78, 5) is 11.9. The van der Waals surface area contributed by atoms with Crippen LogP contribution < -0.4 is 19.6 Å². The molecule has 0 aromatic heterocycles. The van der Waals surface area contributed by atoms with Crippen LogP contribution in [0.15, 0.2) is 41.5 Å². The first-order valence-electron chi connectivity index (χ1n) is 8.37. The average molecular weight is 356 g/mol. The molecule has 0 aliphatic carbocycles. The third kappa shape index (κ3) is 4.99. The van der Waals surface area contributed by atoms with Crippen molar-refractivity contribution in [2.45, 2.75) is 20.8 Å². The van der Waals surface area contributed by atoms with E-state index in [0.717, 1.165) is 11.1 Å². The number of methoxy groups -OCH3 is 1. The topological polar surface area (TPSA) is 69.2 Å². The maximum Gasteiger partial charge on any atom is 0.277 e. The van der Waals surface area contributed by atoms with Crippen molar-refractivity contribution >= 4 is 12.1 Å². The molecule has 2 aromatic carbocycles. The molecule has 0 saturated carbocycles. The van der Waals surface area contributed by atoms with Crippen molar-refractivity contribution in [3.05, 3.63) is 53.1 Å². The van der Waals surface area contributed by atoms with Gasteiger partial charge in [0.2, 0.25) is 0 Å². The third-order valence-corrected chi connectivity index (χ3v) is 3.82. The summed E-state index contributed by atoms with van der Waals surface area (Å²) in [5, 5.41) is 3.97. The van der Waals surface area contributed by atoms with Crippen LogP contribution in [0.4, 0.5) is 0 Å². The van der Waals surface area contributed by atoms with Gasteiger partial charge in [-0.15, -0.1) is 0 Å². The molecular weight excluding hydrogens is 332 g/mol. The largest absolute Gasteiger partial charge is 0.493 e. The van der Waals surface area contributed by atoms with Crippen LogP contribution in [-0.2, 0) is 4.79 Å². The van der Waals surface area contributed by atoms with Crippen LogP contribution in [0.1, 0.15) is 23.6 Å². The lowest BCUT2D eigenvalue weighted by Crippen LogP contribution is -2.24. The highest BCUT2D eigenvalue weighted by atomic mass is 16.5. The zero-order chi connectivity index (χ0) is 18.9. The lowest BCUT2D eigenvalue weighted by atomic mass is 10.1. The van der Waals surface area contributed by atoms with Crippen molar-refractivity contribution in [2.75, 3.05) is 20.3 Å². The van der Waals surface area contributed by atoms with Gasteiger partial charge in [0, 0.05) is 5.56 Å². The van der Waals surface area contributed by atoms with Gasteiger partial charge in [-0.05, 0) is 50.1 Å². The molecule has 0 unspecified atom stereocenters. The number of nitrogens with zero attached hydrogens (tertiary/aromatic N) is 1. The summed E-state index contributed by atoms with van der Waals surface area (Å²) in [6.45, 7) is 6.23. The Morgan fingerprint density at radius 3 is 2.58 bits per heavy atom. The van der Waals surface area contributed by atoms with Gasteiger partial charge in [-0.25, -0.2) is 5.43 Å². The van der Waals surface area contributed by atoms with E-state index in [1.165, 1.54) is 6.21 Å². The minimum atomic E-state index is -0.344. The molecular formula is C20H24N2O4. The fourth-order valence-electron chi connectivity index (χ4n) is 2.32. The molecule has 0 saturated heterocycles. The Balaban J connectivity index is 1.96. The predicted octanol–water partition coefficient (Wildman–Crippen LogP) is 3.24. The quantitative estimate of drug-likeness (QED) is 0.582. The summed E-state index contributed by atoms with van der Waals surface area (Å²) in [5.41, 5.74) is 5.29. The van der Waals surface area contributed by atoms with Gasteiger partial charge in [0.05, 0.1) is 19.9 Å². The van der Waals surface area contributed by atoms with Gasteiger partial charge in [0.1, 0.15) is 5.75 Å². The third-order valence-electron chi connectivity index (χ3n) is 3.82. The monoisotopic (exact) mass is 356 g/mol. The standard InChI is InChI=1S/C20H24N2O4/c1-5-25-20-16(9-7-11-18(20)24-4)12-21-22-19(23)13-26-17-10-6-8-14(2)15(17)3/h6-12H,5,13H2,1-4H3,(H,22,23)/b21-12+. The second-order valence-electron chi connectivity index (χ2n) is 5.59. The maximum atomic E-state index is 11.9. The second kappa shape index (κ2) is 9.46. The zero-order valence-electron chi connectivity index (χ0n) is 15.5.